The molecule has 5 amide bonds. The minimum atomic E-state index is -0.891. The van der Waals surface area contributed by atoms with Gasteiger partial charge < -0.3 is 15.5 Å². The number of nitrogens with zero attached hydrogens (tertiary/aromatic N) is 2. The number of carbonyl (C=O) groups excluding carboxylic acids is 4. The van der Waals surface area contributed by atoms with Crippen molar-refractivity contribution in [3.63, 3.8) is 0 Å². The molecule has 2 saturated heterocycles. The first kappa shape index (κ1) is 22.8. The number of rotatable bonds is 4. The summed E-state index contributed by atoms with van der Waals surface area (Å²) in [4.78, 5) is 53.8. The zero-order valence-corrected chi connectivity index (χ0v) is 19.8. The fourth-order valence-electron chi connectivity index (χ4n) is 5.82. The third kappa shape index (κ3) is 4.53. The van der Waals surface area contributed by atoms with Crippen molar-refractivity contribution in [2.45, 2.75) is 64.5 Å². The molecule has 0 aromatic carbocycles. The van der Waals surface area contributed by atoms with Crippen molar-refractivity contribution in [2.75, 3.05) is 19.6 Å². The number of piperidine rings is 1. The van der Waals surface area contributed by atoms with Crippen molar-refractivity contribution in [2.24, 2.45) is 11.3 Å². The van der Waals surface area contributed by atoms with Crippen LogP contribution in [0.2, 0.25) is 0 Å². The quantitative estimate of drug-likeness (QED) is 0.675. The third-order valence-electron chi connectivity index (χ3n) is 6.88. The number of thiophene rings is 1. The van der Waals surface area contributed by atoms with E-state index in [1.165, 1.54) is 11.3 Å². The molecule has 2 N–H and O–H groups in total. The predicted octanol–water partition coefficient (Wildman–Crippen LogP) is 2.61. The number of hydrogen-bond acceptors (Lipinski definition) is 5. The smallest absolute Gasteiger partial charge is 0.325 e. The second-order valence-corrected chi connectivity index (χ2v) is 11.2. The number of likely N-dealkylation sites (tertiary alicyclic amines) is 1. The van der Waals surface area contributed by atoms with Crippen LogP contribution in [-0.2, 0) is 9.59 Å². The SMILES string of the molecule is CC1CC(C)(C)CC2(C1)NC(=O)N(CC(=O)N1CCC(NC(=O)c3ccsc3)CC1)C2=O. The van der Waals surface area contributed by atoms with E-state index in [1.54, 1.807) is 11.0 Å². The first-order chi connectivity index (χ1) is 15.1. The van der Waals surface area contributed by atoms with Crippen molar-refractivity contribution in [1.29, 1.82) is 0 Å². The van der Waals surface area contributed by atoms with Crippen molar-refractivity contribution >= 4 is 35.1 Å². The van der Waals surface area contributed by atoms with Gasteiger partial charge in [-0.1, -0.05) is 20.8 Å². The summed E-state index contributed by atoms with van der Waals surface area (Å²) < 4.78 is 0. The van der Waals surface area contributed by atoms with Gasteiger partial charge in [-0.3, -0.25) is 19.3 Å². The molecule has 0 bridgehead atoms. The maximum absolute atomic E-state index is 13.3. The van der Waals surface area contributed by atoms with Gasteiger partial charge in [0, 0.05) is 30.1 Å². The Labute approximate surface area is 192 Å². The molecule has 8 nitrogen and oxygen atoms in total. The number of nitrogens with one attached hydrogen (secondary N) is 2. The Bertz CT molecular complexity index is 907. The summed E-state index contributed by atoms with van der Waals surface area (Å²) in [7, 11) is 0. The number of hydrogen-bond donors (Lipinski definition) is 2. The van der Waals surface area contributed by atoms with Gasteiger partial charge in [0.1, 0.15) is 12.1 Å². The van der Waals surface area contributed by atoms with Crippen LogP contribution in [-0.4, -0.2) is 64.8 Å². The highest BCUT2D eigenvalue weighted by Gasteiger charge is 2.56. The summed E-state index contributed by atoms with van der Waals surface area (Å²) in [5.41, 5.74) is -0.283. The standard InChI is InChI=1S/C23H32N4O4S/c1-15-10-22(2,3)14-23(11-15)20(30)27(21(31)25-23)12-18(28)26-7-4-17(5-8-26)24-19(29)16-6-9-32-13-16/h6,9,13,15,17H,4-5,7-8,10-12,14H2,1-3H3,(H,24,29)(H,25,31). The topological polar surface area (TPSA) is 98.8 Å². The third-order valence-corrected chi connectivity index (χ3v) is 7.57. The molecule has 3 aliphatic rings. The summed E-state index contributed by atoms with van der Waals surface area (Å²) in [5.74, 6) is -0.267. The van der Waals surface area contributed by atoms with Crippen LogP contribution in [0.25, 0.3) is 0 Å². The Morgan fingerprint density at radius 1 is 1.22 bits per heavy atom. The highest BCUT2D eigenvalue weighted by Crippen LogP contribution is 2.46. The molecular weight excluding hydrogens is 428 g/mol. The van der Waals surface area contributed by atoms with E-state index >= 15 is 0 Å². The monoisotopic (exact) mass is 460 g/mol. The fraction of sp³-hybridized carbons (Fsp3) is 0.652. The molecule has 32 heavy (non-hydrogen) atoms. The molecule has 2 aliphatic heterocycles. The fourth-order valence-corrected chi connectivity index (χ4v) is 6.46. The summed E-state index contributed by atoms with van der Waals surface area (Å²) in [6.45, 7) is 7.11. The molecule has 2 unspecified atom stereocenters. The molecule has 1 saturated carbocycles. The van der Waals surface area contributed by atoms with Crippen LogP contribution in [0, 0.1) is 11.3 Å². The largest absolute Gasteiger partial charge is 0.349 e. The van der Waals surface area contributed by atoms with E-state index in [1.807, 2.05) is 10.8 Å². The van der Waals surface area contributed by atoms with E-state index in [9.17, 15) is 19.2 Å². The van der Waals surface area contributed by atoms with Crippen LogP contribution >= 0.6 is 11.3 Å². The lowest BCUT2D eigenvalue weighted by Crippen LogP contribution is -2.54. The van der Waals surface area contributed by atoms with Crippen LogP contribution in [0.4, 0.5) is 4.79 Å². The molecule has 1 aromatic rings. The van der Waals surface area contributed by atoms with E-state index in [0.29, 0.717) is 50.3 Å². The van der Waals surface area contributed by atoms with E-state index in [4.69, 9.17) is 0 Å². The first-order valence-electron chi connectivity index (χ1n) is 11.3. The molecule has 3 heterocycles. The van der Waals surface area contributed by atoms with Gasteiger partial charge in [-0.15, -0.1) is 0 Å². The lowest BCUT2D eigenvalue weighted by atomic mass is 9.64. The Kier molecular flexibility index (Phi) is 6.04. The summed E-state index contributed by atoms with van der Waals surface area (Å²) >= 11 is 1.48. The second kappa shape index (κ2) is 8.50. The minimum Gasteiger partial charge on any atom is -0.349 e. The molecule has 3 fully saturated rings. The van der Waals surface area contributed by atoms with Crippen LogP contribution in [0.5, 0.6) is 0 Å². The summed E-state index contributed by atoms with van der Waals surface area (Å²) in [6.07, 6.45) is 3.51. The average molecular weight is 461 g/mol. The zero-order valence-electron chi connectivity index (χ0n) is 19.0. The highest BCUT2D eigenvalue weighted by atomic mass is 32.1. The van der Waals surface area contributed by atoms with Crippen LogP contribution < -0.4 is 10.6 Å². The minimum absolute atomic E-state index is 0.0115. The van der Waals surface area contributed by atoms with E-state index in [0.717, 1.165) is 11.3 Å². The second-order valence-electron chi connectivity index (χ2n) is 10.4. The molecular formula is C23H32N4O4S. The Hall–Kier alpha value is -2.42. The lowest BCUT2D eigenvalue weighted by Gasteiger charge is -2.43. The van der Waals surface area contributed by atoms with Gasteiger partial charge in [0.25, 0.3) is 11.8 Å². The first-order valence-corrected chi connectivity index (χ1v) is 12.3. The molecule has 174 valence electrons. The van der Waals surface area contributed by atoms with E-state index in [-0.39, 0.29) is 35.7 Å². The Morgan fingerprint density at radius 2 is 1.94 bits per heavy atom. The molecule has 9 heteroatoms. The Balaban J connectivity index is 1.32. The zero-order chi connectivity index (χ0) is 23.1. The molecule has 0 radical (unpaired) electrons. The van der Waals surface area contributed by atoms with E-state index < -0.39 is 11.6 Å². The number of amides is 5. The van der Waals surface area contributed by atoms with Crippen molar-refractivity contribution in [1.82, 2.24) is 20.4 Å². The van der Waals surface area contributed by atoms with Gasteiger partial charge in [-0.25, -0.2) is 4.79 Å². The normalized spacial score (nSPS) is 28.2. The lowest BCUT2D eigenvalue weighted by molar-refractivity contribution is -0.141. The summed E-state index contributed by atoms with van der Waals surface area (Å²) in [5, 5.41) is 9.62. The molecule has 1 aliphatic carbocycles. The van der Waals surface area contributed by atoms with Crippen LogP contribution in [0.1, 0.15) is 63.2 Å². The molecule has 4 rings (SSSR count). The van der Waals surface area contributed by atoms with Gasteiger partial charge >= 0.3 is 6.03 Å². The number of carbonyl (C=O) groups is 4. The number of imide groups is 1. The molecule has 1 spiro atoms. The maximum Gasteiger partial charge on any atom is 0.325 e. The Morgan fingerprint density at radius 3 is 2.56 bits per heavy atom. The van der Waals surface area contributed by atoms with E-state index in [2.05, 4.69) is 31.4 Å². The number of urea groups is 1. The average Bonchev–Trinajstić information content (AvgIpc) is 3.31. The van der Waals surface area contributed by atoms with Crippen molar-refractivity contribution < 1.29 is 19.2 Å². The molecule has 1 aromatic heterocycles. The predicted molar refractivity (Wildman–Crippen MR) is 121 cm³/mol. The highest BCUT2D eigenvalue weighted by molar-refractivity contribution is 7.08. The van der Waals surface area contributed by atoms with Gasteiger partial charge in [0.05, 0.1) is 0 Å². The summed E-state index contributed by atoms with van der Waals surface area (Å²) in [6, 6.07) is 1.33. The van der Waals surface area contributed by atoms with Gasteiger partial charge in [0.2, 0.25) is 5.91 Å². The van der Waals surface area contributed by atoms with Gasteiger partial charge in [0.15, 0.2) is 0 Å². The molecule has 2 atom stereocenters. The van der Waals surface area contributed by atoms with Crippen LogP contribution in [0.3, 0.4) is 0 Å². The van der Waals surface area contributed by atoms with Crippen LogP contribution in [0.15, 0.2) is 16.8 Å². The van der Waals surface area contributed by atoms with Gasteiger partial charge in [-0.05, 0) is 54.9 Å². The van der Waals surface area contributed by atoms with Gasteiger partial charge in [-0.2, -0.15) is 11.3 Å². The van der Waals surface area contributed by atoms with Crippen molar-refractivity contribution in [3.05, 3.63) is 22.4 Å². The van der Waals surface area contributed by atoms with Crippen molar-refractivity contribution in [3.8, 4) is 0 Å². The maximum atomic E-state index is 13.3.